The van der Waals surface area contributed by atoms with E-state index in [0.717, 1.165) is 12.1 Å². The van der Waals surface area contributed by atoms with Crippen molar-refractivity contribution in [3.63, 3.8) is 0 Å². The number of alkyl halides is 3. The van der Waals surface area contributed by atoms with Gasteiger partial charge >= 0.3 is 18.1 Å². The molecule has 0 saturated heterocycles. The Morgan fingerprint density at radius 2 is 1.71 bits per heavy atom. The molecule has 1 aromatic rings. The summed E-state index contributed by atoms with van der Waals surface area (Å²) in [6.07, 6.45) is -7.47. The van der Waals surface area contributed by atoms with Crippen LogP contribution in [0.25, 0.3) is 0 Å². The Hall–Kier alpha value is -2.65. The third-order valence-corrected chi connectivity index (χ3v) is 2.81. The van der Waals surface area contributed by atoms with E-state index in [1.165, 1.54) is 12.1 Å². The second kappa shape index (κ2) is 8.27. The van der Waals surface area contributed by atoms with Gasteiger partial charge in [0.25, 0.3) is 5.69 Å². The average Bonchev–Trinajstić information content (AvgIpc) is 2.46. The summed E-state index contributed by atoms with van der Waals surface area (Å²) in [4.78, 5) is 32.6. The van der Waals surface area contributed by atoms with Gasteiger partial charge in [0.15, 0.2) is 6.10 Å². The van der Waals surface area contributed by atoms with Gasteiger partial charge in [0.2, 0.25) is 0 Å². The minimum Gasteiger partial charge on any atom is -0.453 e. The van der Waals surface area contributed by atoms with Crippen LogP contribution in [0.2, 0.25) is 0 Å². The highest BCUT2D eigenvalue weighted by Gasteiger charge is 2.38. The second-order valence-electron chi connectivity index (χ2n) is 4.75. The second-order valence-corrected chi connectivity index (χ2v) is 4.75. The largest absolute Gasteiger partial charge is 0.453 e. The molecule has 24 heavy (non-hydrogen) atoms. The van der Waals surface area contributed by atoms with Crippen molar-refractivity contribution < 1.29 is 37.2 Å². The molecule has 1 rings (SSSR count). The Kier molecular flexibility index (Phi) is 6.69. The van der Waals surface area contributed by atoms with E-state index in [9.17, 15) is 32.9 Å². The van der Waals surface area contributed by atoms with Gasteiger partial charge in [-0.2, -0.15) is 13.2 Å². The lowest BCUT2D eigenvalue weighted by molar-refractivity contribution is -0.384. The first kappa shape index (κ1) is 19.4. The number of hydrogen-bond donors (Lipinski definition) is 0. The molecule has 7 nitrogen and oxygen atoms in total. The van der Waals surface area contributed by atoms with Crippen LogP contribution in [0.5, 0.6) is 5.75 Å². The average molecular weight is 349 g/mol. The van der Waals surface area contributed by atoms with Crippen LogP contribution in [0.4, 0.5) is 18.9 Å². The highest BCUT2D eigenvalue weighted by Crippen LogP contribution is 2.23. The number of nitro benzene ring substituents is 1. The monoisotopic (exact) mass is 349 g/mol. The number of benzene rings is 1. The minimum atomic E-state index is -4.63. The lowest BCUT2D eigenvalue weighted by Gasteiger charge is -2.16. The van der Waals surface area contributed by atoms with E-state index in [0.29, 0.717) is 6.92 Å². The number of hydrogen-bond acceptors (Lipinski definition) is 6. The highest BCUT2D eigenvalue weighted by molar-refractivity contribution is 5.74. The molecule has 0 aliphatic heterocycles. The molecule has 0 heterocycles. The molecule has 132 valence electrons. The van der Waals surface area contributed by atoms with Gasteiger partial charge in [-0.25, -0.2) is 0 Å². The van der Waals surface area contributed by atoms with Crippen LogP contribution in [-0.2, 0) is 14.3 Å². The summed E-state index contributed by atoms with van der Waals surface area (Å²) in [6.45, 7) is 0.709. The maximum absolute atomic E-state index is 12.2. The molecule has 0 aromatic heterocycles. The van der Waals surface area contributed by atoms with Crippen LogP contribution >= 0.6 is 0 Å². The van der Waals surface area contributed by atoms with E-state index in [-0.39, 0.29) is 30.7 Å². The van der Waals surface area contributed by atoms with Gasteiger partial charge in [-0.15, -0.1) is 0 Å². The van der Waals surface area contributed by atoms with Crippen LogP contribution in [0.3, 0.4) is 0 Å². The molecule has 0 spiro atoms. The molecule has 10 heteroatoms. The number of carbonyl (C=O) groups is 2. The quantitative estimate of drug-likeness (QED) is 0.325. The highest BCUT2D eigenvalue weighted by atomic mass is 19.4. The number of esters is 2. The molecule has 0 N–H and O–H groups in total. The SMILES string of the molecule is CC(OC(=O)CCCC(=O)Oc1ccc([N+](=O)[O-])cc1)C(F)(F)F. The fourth-order valence-electron chi connectivity index (χ4n) is 1.52. The topological polar surface area (TPSA) is 95.7 Å². The van der Waals surface area contributed by atoms with Crippen molar-refractivity contribution >= 4 is 17.6 Å². The summed E-state index contributed by atoms with van der Waals surface area (Å²) in [5.74, 6) is -1.71. The Morgan fingerprint density at radius 3 is 2.21 bits per heavy atom. The number of rotatable bonds is 7. The molecule has 0 aliphatic rings. The van der Waals surface area contributed by atoms with Crippen LogP contribution in [0.15, 0.2) is 24.3 Å². The van der Waals surface area contributed by atoms with Crippen LogP contribution in [0, 0.1) is 10.1 Å². The third-order valence-electron chi connectivity index (χ3n) is 2.81. The fraction of sp³-hybridized carbons (Fsp3) is 0.429. The van der Waals surface area contributed by atoms with Crippen LogP contribution in [-0.4, -0.2) is 29.1 Å². The Bertz CT molecular complexity index is 600. The van der Waals surface area contributed by atoms with E-state index in [2.05, 4.69) is 4.74 Å². The van der Waals surface area contributed by atoms with Crippen LogP contribution in [0.1, 0.15) is 26.2 Å². The summed E-state index contributed by atoms with van der Waals surface area (Å²) in [5, 5.41) is 10.5. The lowest BCUT2D eigenvalue weighted by Crippen LogP contribution is -2.30. The first-order chi connectivity index (χ1) is 11.1. The molecule has 1 atom stereocenters. The standard InChI is InChI=1S/C14H14F3NO6/c1-9(14(15,16)17)23-12(19)3-2-4-13(20)24-11-7-5-10(6-8-11)18(21)22/h5-9H,2-4H2,1H3. The Labute approximate surface area is 134 Å². The first-order valence-corrected chi connectivity index (χ1v) is 6.81. The zero-order valence-electron chi connectivity index (χ0n) is 12.5. The van der Waals surface area contributed by atoms with E-state index >= 15 is 0 Å². The Balaban J connectivity index is 2.33. The number of nitrogens with zero attached hydrogens (tertiary/aromatic N) is 1. The summed E-state index contributed by atoms with van der Waals surface area (Å²) < 4.78 is 45.6. The Morgan fingerprint density at radius 1 is 1.17 bits per heavy atom. The van der Waals surface area contributed by atoms with Crippen molar-refractivity contribution in [2.45, 2.75) is 38.5 Å². The van der Waals surface area contributed by atoms with E-state index in [1.54, 1.807) is 0 Å². The van der Waals surface area contributed by atoms with Crippen molar-refractivity contribution in [3.8, 4) is 5.75 Å². The zero-order valence-corrected chi connectivity index (χ0v) is 12.5. The van der Waals surface area contributed by atoms with Gasteiger partial charge in [-0.05, 0) is 25.5 Å². The van der Waals surface area contributed by atoms with Gasteiger partial charge < -0.3 is 9.47 Å². The van der Waals surface area contributed by atoms with Crippen LogP contribution < -0.4 is 4.74 Å². The van der Waals surface area contributed by atoms with E-state index < -0.39 is 29.1 Å². The van der Waals surface area contributed by atoms with Crippen molar-refractivity contribution in [1.29, 1.82) is 0 Å². The van der Waals surface area contributed by atoms with Gasteiger partial charge in [0.1, 0.15) is 5.75 Å². The van der Waals surface area contributed by atoms with Crippen molar-refractivity contribution in [1.82, 2.24) is 0 Å². The molecule has 1 unspecified atom stereocenters. The predicted octanol–water partition coefficient (Wildman–Crippen LogP) is 3.16. The van der Waals surface area contributed by atoms with E-state index in [4.69, 9.17) is 4.74 Å². The van der Waals surface area contributed by atoms with Gasteiger partial charge in [0, 0.05) is 25.0 Å². The fourth-order valence-corrected chi connectivity index (χ4v) is 1.52. The molecule has 0 fully saturated rings. The summed E-state index contributed by atoms with van der Waals surface area (Å²) in [6, 6.07) is 4.77. The van der Waals surface area contributed by atoms with Gasteiger partial charge in [0.05, 0.1) is 4.92 Å². The normalized spacial score (nSPS) is 12.3. The number of nitro groups is 1. The summed E-state index contributed by atoms with van der Waals surface area (Å²) in [5.41, 5.74) is -0.170. The van der Waals surface area contributed by atoms with Crippen molar-refractivity contribution in [2.24, 2.45) is 0 Å². The number of ether oxygens (including phenoxy) is 2. The smallest absolute Gasteiger partial charge is 0.425 e. The number of carbonyl (C=O) groups excluding carboxylic acids is 2. The maximum Gasteiger partial charge on any atom is 0.425 e. The predicted molar refractivity (Wildman–Crippen MR) is 74.2 cm³/mol. The minimum absolute atomic E-state index is 0.0464. The molecule has 1 aromatic carbocycles. The molecular formula is C14H14F3NO6. The van der Waals surface area contributed by atoms with Gasteiger partial charge in [-0.1, -0.05) is 0 Å². The lowest BCUT2D eigenvalue weighted by atomic mass is 10.2. The molecular weight excluding hydrogens is 335 g/mol. The van der Waals surface area contributed by atoms with Crippen molar-refractivity contribution in [2.75, 3.05) is 0 Å². The van der Waals surface area contributed by atoms with Crippen molar-refractivity contribution in [3.05, 3.63) is 34.4 Å². The third kappa shape index (κ3) is 6.63. The van der Waals surface area contributed by atoms with Gasteiger partial charge in [-0.3, -0.25) is 19.7 Å². The summed E-state index contributed by atoms with van der Waals surface area (Å²) in [7, 11) is 0. The molecule has 0 bridgehead atoms. The molecule has 0 saturated carbocycles. The molecule has 0 radical (unpaired) electrons. The number of non-ortho nitro benzene ring substituents is 1. The number of halogens is 3. The summed E-state index contributed by atoms with van der Waals surface area (Å²) >= 11 is 0. The van der Waals surface area contributed by atoms with E-state index in [1.807, 2.05) is 0 Å². The maximum atomic E-state index is 12.2. The molecule has 0 amide bonds. The molecule has 0 aliphatic carbocycles. The first-order valence-electron chi connectivity index (χ1n) is 6.81. The zero-order chi connectivity index (χ0) is 18.3.